The number of pyridine rings is 1. The van der Waals surface area contributed by atoms with Gasteiger partial charge >= 0.3 is 12.1 Å². The van der Waals surface area contributed by atoms with E-state index in [0.717, 1.165) is 27.1 Å². The number of phenolic OH excluding ortho intramolecular Hbond substituents is 1. The van der Waals surface area contributed by atoms with E-state index < -0.39 is 12.1 Å². The van der Waals surface area contributed by atoms with Gasteiger partial charge in [0, 0.05) is 35.9 Å². The number of benzene rings is 1. The van der Waals surface area contributed by atoms with Crippen LogP contribution in [0, 0.1) is 0 Å². The summed E-state index contributed by atoms with van der Waals surface area (Å²) in [4.78, 5) is 25.6. The van der Waals surface area contributed by atoms with E-state index >= 15 is 0 Å². The van der Waals surface area contributed by atoms with Crippen LogP contribution in [-0.2, 0) is 11.8 Å². The monoisotopic (exact) mass is 449 g/mol. The lowest BCUT2D eigenvalue weighted by molar-refractivity contribution is -0.192. The second-order valence-electron chi connectivity index (χ2n) is 6.22. The first-order valence-electron chi connectivity index (χ1n) is 8.58. The minimum Gasteiger partial charge on any atom is -0.508 e. The zero-order chi connectivity index (χ0) is 22.8. The number of rotatable bonds is 2. The predicted octanol–water partition coefficient (Wildman–Crippen LogP) is 4.06. The Morgan fingerprint density at radius 2 is 1.65 bits per heavy atom. The zero-order valence-electron chi connectivity index (χ0n) is 15.8. The molecular formula is C20H14F3N3O4S. The lowest BCUT2D eigenvalue weighted by Crippen LogP contribution is -2.21. The van der Waals surface area contributed by atoms with Crippen molar-refractivity contribution in [2.24, 2.45) is 7.05 Å². The molecule has 0 saturated carbocycles. The average Bonchev–Trinajstić information content (AvgIpc) is 3.17. The molecule has 1 aromatic carbocycles. The van der Waals surface area contributed by atoms with Gasteiger partial charge in [-0.15, -0.1) is 11.3 Å². The minimum atomic E-state index is -5.08. The van der Waals surface area contributed by atoms with Crippen molar-refractivity contribution < 1.29 is 28.2 Å². The molecule has 0 unspecified atom stereocenters. The average molecular weight is 449 g/mol. The van der Waals surface area contributed by atoms with Crippen molar-refractivity contribution in [3.8, 4) is 28.1 Å². The maximum atomic E-state index is 12.7. The number of nitrogens with zero attached hydrogens (tertiary/aromatic N) is 3. The summed E-state index contributed by atoms with van der Waals surface area (Å²) in [6, 6.07) is 10.6. The summed E-state index contributed by atoms with van der Waals surface area (Å²) in [6.07, 6.45) is -1.66. The molecule has 31 heavy (non-hydrogen) atoms. The fraction of sp³-hybridized carbons (Fsp3) is 0.100. The maximum absolute atomic E-state index is 12.7. The molecule has 3 aromatic heterocycles. The van der Waals surface area contributed by atoms with Crippen LogP contribution in [0.15, 0.2) is 59.0 Å². The van der Waals surface area contributed by atoms with Gasteiger partial charge in [-0.25, -0.2) is 9.48 Å². The Morgan fingerprint density at radius 1 is 1.06 bits per heavy atom. The van der Waals surface area contributed by atoms with Crippen LogP contribution in [0.3, 0.4) is 0 Å². The van der Waals surface area contributed by atoms with E-state index in [4.69, 9.17) is 9.90 Å². The first kappa shape index (κ1) is 22.0. The number of aromatic nitrogens is 3. The highest BCUT2D eigenvalue weighted by molar-refractivity contribution is 7.18. The molecule has 0 spiro atoms. The van der Waals surface area contributed by atoms with E-state index in [-0.39, 0.29) is 11.3 Å². The summed E-state index contributed by atoms with van der Waals surface area (Å²) >= 11 is 1.50. The van der Waals surface area contributed by atoms with Crippen molar-refractivity contribution in [1.82, 2.24) is 14.8 Å². The summed E-state index contributed by atoms with van der Waals surface area (Å²) in [7, 11) is 1.66. The number of aromatic hydroxyl groups is 1. The number of aryl methyl sites for hydroxylation is 1. The van der Waals surface area contributed by atoms with Gasteiger partial charge in [-0.05, 0) is 29.8 Å². The topological polar surface area (TPSA) is 105 Å². The normalized spacial score (nSPS) is 11.1. The highest BCUT2D eigenvalue weighted by Gasteiger charge is 2.38. The third-order valence-electron chi connectivity index (χ3n) is 4.14. The molecule has 3 heterocycles. The Hall–Kier alpha value is -3.73. The Labute approximate surface area is 176 Å². The summed E-state index contributed by atoms with van der Waals surface area (Å²) < 4.78 is 34.0. The van der Waals surface area contributed by atoms with Crippen molar-refractivity contribution >= 4 is 27.4 Å². The van der Waals surface area contributed by atoms with Crippen LogP contribution in [0.5, 0.6) is 5.75 Å². The molecule has 0 saturated heterocycles. The Bertz CT molecular complexity index is 1280. The molecule has 0 aliphatic heterocycles. The van der Waals surface area contributed by atoms with E-state index in [2.05, 4.69) is 10.1 Å². The Balaban J connectivity index is 0.000000339. The first-order chi connectivity index (χ1) is 14.6. The van der Waals surface area contributed by atoms with Crippen molar-refractivity contribution in [2.75, 3.05) is 0 Å². The predicted molar refractivity (Wildman–Crippen MR) is 109 cm³/mol. The zero-order valence-corrected chi connectivity index (χ0v) is 16.6. The number of hydrogen-bond donors (Lipinski definition) is 2. The number of phenols is 1. The van der Waals surface area contributed by atoms with E-state index in [9.17, 15) is 23.1 Å². The van der Waals surface area contributed by atoms with Crippen LogP contribution in [0.4, 0.5) is 13.2 Å². The number of carboxylic acids is 1. The van der Waals surface area contributed by atoms with Crippen LogP contribution in [0.2, 0.25) is 0 Å². The number of thiophene rings is 1. The molecule has 4 rings (SSSR count). The second kappa shape index (κ2) is 8.56. The smallest absolute Gasteiger partial charge is 0.490 e. The lowest BCUT2D eigenvalue weighted by atomic mass is 10.0. The third-order valence-corrected chi connectivity index (χ3v) is 5.13. The van der Waals surface area contributed by atoms with Crippen molar-refractivity contribution in [3.05, 3.63) is 64.5 Å². The van der Waals surface area contributed by atoms with Gasteiger partial charge < -0.3 is 10.2 Å². The number of aliphatic carboxylic acids is 1. The van der Waals surface area contributed by atoms with Gasteiger partial charge in [0.1, 0.15) is 11.4 Å². The molecule has 0 fully saturated rings. The molecule has 0 radical (unpaired) electrons. The highest BCUT2D eigenvalue weighted by Crippen LogP contribution is 2.36. The van der Waals surface area contributed by atoms with Crippen LogP contribution in [-0.4, -0.2) is 37.1 Å². The van der Waals surface area contributed by atoms with Crippen LogP contribution in [0.1, 0.15) is 0 Å². The number of carbonyl (C=O) groups is 1. The summed E-state index contributed by atoms with van der Waals surface area (Å²) in [6.45, 7) is 0. The van der Waals surface area contributed by atoms with Gasteiger partial charge in [0.15, 0.2) is 0 Å². The molecule has 0 atom stereocenters. The van der Waals surface area contributed by atoms with Gasteiger partial charge in [0.2, 0.25) is 0 Å². The standard InChI is InChI=1S/C18H13N3O2S.C2HF3O2/c1-21-18(23)15-14(11-2-4-13(22)5-3-11)10-24-17(15)16(20-21)12-6-8-19-9-7-12;3-2(4,5)1(6)7/h2-10,22H,1H3;(H,6,7). The quantitative estimate of drug-likeness (QED) is 0.478. The van der Waals surface area contributed by atoms with Crippen molar-refractivity contribution in [2.45, 2.75) is 6.18 Å². The SMILES string of the molecule is Cn1nc(-c2ccncc2)c2scc(-c3ccc(O)cc3)c2c1=O.O=C(O)C(F)(F)F. The first-order valence-corrected chi connectivity index (χ1v) is 9.46. The molecule has 160 valence electrons. The molecule has 0 bridgehead atoms. The van der Waals surface area contributed by atoms with Gasteiger partial charge in [0.05, 0.1) is 10.1 Å². The third kappa shape index (κ3) is 4.72. The van der Waals surface area contributed by atoms with Crippen LogP contribution >= 0.6 is 11.3 Å². The molecule has 11 heteroatoms. The summed E-state index contributed by atoms with van der Waals surface area (Å²) in [5, 5.41) is 23.7. The summed E-state index contributed by atoms with van der Waals surface area (Å²) in [5.41, 5.74) is 3.30. The van der Waals surface area contributed by atoms with E-state index in [1.165, 1.54) is 16.0 Å². The molecule has 0 aliphatic rings. The number of hydrogen-bond acceptors (Lipinski definition) is 6. The molecule has 0 amide bonds. The molecule has 4 aromatic rings. The van der Waals surface area contributed by atoms with Gasteiger partial charge in [-0.2, -0.15) is 18.3 Å². The van der Waals surface area contributed by atoms with E-state index in [0.29, 0.717) is 5.39 Å². The summed E-state index contributed by atoms with van der Waals surface area (Å²) in [5.74, 6) is -2.56. The highest BCUT2D eigenvalue weighted by atomic mass is 32.1. The van der Waals surface area contributed by atoms with Crippen molar-refractivity contribution in [3.63, 3.8) is 0 Å². The maximum Gasteiger partial charge on any atom is 0.490 e. The largest absolute Gasteiger partial charge is 0.508 e. The molecule has 0 aliphatic carbocycles. The fourth-order valence-corrected chi connectivity index (χ4v) is 3.77. The van der Waals surface area contributed by atoms with Crippen molar-refractivity contribution in [1.29, 1.82) is 0 Å². The number of halogens is 3. The lowest BCUT2D eigenvalue weighted by Gasteiger charge is -2.06. The van der Waals surface area contributed by atoms with Gasteiger partial charge in [-0.1, -0.05) is 12.1 Å². The molecular weight excluding hydrogens is 435 g/mol. The number of fused-ring (bicyclic) bond motifs is 1. The molecule has 7 nitrogen and oxygen atoms in total. The van der Waals surface area contributed by atoms with Gasteiger partial charge in [-0.3, -0.25) is 9.78 Å². The van der Waals surface area contributed by atoms with E-state index in [1.54, 1.807) is 31.6 Å². The van der Waals surface area contributed by atoms with Crippen LogP contribution in [0.25, 0.3) is 32.5 Å². The number of carboxylic acid groups (broad SMARTS) is 1. The van der Waals surface area contributed by atoms with E-state index in [1.807, 2.05) is 29.6 Å². The minimum absolute atomic E-state index is 0.132. The second-order valence-corrected chi connectivity index (χ2v) is 7.10. The Kier molecular flexibility index (Phi) is 6.07. The Morgan fingerprint density at radius 3 is 2.19 bits per heavy atom. The van der Waals surface area contributed by atoms with Crippen LogP contribution < -0.4 is 5.56 Å². The van der Waals surface area contributed by atoms with Gasteiger partial charge in [0.25, 0.3) is 5.56 Å². The molecule has 2 N–H and O–H groups in total. The number of alkyl halides is 3. The fourth-order valence-electron chi connectivity index (χ4n) is 2.70.